The minimum Gasteiger partial charge on any atom is -0.493 e. The van der Waals surface area contributed by atoms with Crippen LogP contribution in [0.5, 0.6) is 29.0 Å². The summed E-state index contributed by atoms with van der Waals surface area (Å²) in [5.41, 5.74) is 1.27. The number of halogens is 1. The highest BCUT2D eigenvalue weighted by molar-refractivity contribution is 6.11. The van der Waals surface area contributed by atoms with Gasteiger partial charge in [-0.1, -0.05) is 18.2 Å². The number of carbonyl (C=O) groups is 2. The number of methoxy groups -OCH3 is 2. The third kappa shape index (κ3) is 7.50. The first-order valence-corrected chi connectivity index (χ1v) is 15.7. The zero-order valence-electron chi connectivity index (χ0n) is 26.5. The van der Waals surface area contributed by atoms with Gasteiger partial charge >= 0.3 is 0 Å². The van der Waals surface area contributed by atoms with E-state index in [0.29, 0.717) is 58.9 Å². The van der Waals surface area contributed by atoms with Crippen molar-refractivity contribution in [2.45, 2.75) is 32.1 Å². The van der Waals surface area contributed by atoms with E-state index >= 15 is 0 Å². The first-order valence-electron chi connectivity index (χ1n) is 15.7. The topological polar surface area (TPSA) is 122 Å². The quantitative estimate of drug-likeness (QED) is 0.131. The lowest BCUT2D eigenvalue weighted by Crippen LogP contribution is -2.37. The van der Waals surface area contributed by atoms with Crippen LogP contribution in [0.4, 0.5) is 4.39 Å². The van der Waals surface area contributed by atoms with E-state index < -0.39 is 5.41 Å². The molecule has 246 valence electrons. The zero-order valence-corrected chi connectivity index (χ0v) is 26.5. The van der Waals surface area contributed by atoms with Crippen LogP contribution in [0.25, 0.3) is 11.0 Å². The molecule has 2 fully saturated rings. The van der Waals surface area contributed by atoms with Crippen LogP contribution in [0.3, 0.4) is 0 Å². The second-order valence-electron chi connectivity index (χ2n) is 11.7. The molecule has 2 aromatic carbocycles. The van der Waals surface area contributed by atoms with Gasteiger partial charge in [-0.3, -0.25) is 14.5 Å². The average Bonchev–Trinajstić information content (AvgIpc) is 3.91. The number of carbonyl (C=O) groups excluding carboxylic acids is 2. The molecule has 0 amide bonds. The summed E-state index contributed by atoms with van der Waals surface area (Å²) >= 11 is 0. The first kappa shape index (κ1) is 32.3. The van der Waals surface area contributed by atoms with Crippen LogP contribution in [0.2, 0.25) is 0 Å². The van der Waals surface area contributed by atoms with Gasteiger partial charge in [-0.2, -0.15) is 4.98 Å². The molecule has 4 aromatic rings. The van der Waals surface area contributed by atoms with Gasteiger partial charge in [0.15, 0.2) is 34.3 Å². The third-order valence-corrected chi connectivity index (χ3v) is 8.58. The Labute approximate surface area is 272 Å². The van der Waals surface area contributed by atoms with Crippen LogP contribution in [0.1, 0.15) is 30.4 Å². The SMILES string of the molecule is COc1cc(CC(=O)C2(C(=O)Cc3ccc(F)cc3)CC2)ccc1Oc1ncnc2cc(OCCCN3CCOCC3)c(OC)nc12. The first-order chi connectivity index (χ1) is 22.9. The minimum absolute atomic E-state index is 0.0657. The minimum atomic E-state index is -0.993. The summed E-state index contributed by atoms with van der Waals surface area (Å²) in [6, 6.07) is 12.7. The Hall–Kier alpha value is -4.68. The largest absolute Gasteiger partial charge is 0.493 e. The van der Waals surface area contributed by atoms with Gasteiger partial charge in [-0.15, -0.1) is 0 Å². The average molecular weight is 645 g/mol. The maximum atomic E-state index is 13.3. The summed E-state index contributed by atoms with van der Waals surface area (Å²) in [7, 11) is 3.02. The van der Waals surface area contributed by atoms with Gasteiger partial charge in [-0.05, 0) is 54.7 Å². The lowest BCUT2D eigenvalue weighted by molar-refractivity contribution is -0.133. The van der Waals surface area contributed by atoms with Crippen molar-refractivity contribution in [1.29, 1.82) is 0 Å². The van der Waals surface area contributed by atoms with Crippen LogP contribution >= 0.6 is 0 Å². The summed E-state index contributed by atoms with van der Waals surface area (Å²) in [6.07, 6.45) is 3.41. The van der Waals surface area contributed by atoms with Crippen molar-refractivity contribution in [1.82, 2.24) is 19.9 Å². The number of pyridine rings is 1. The van der Waals surface area contributed by atoms with Crippen molar-refractivity contribution in [2.24, 2.45) is 5.41 Å². The van der Waals surface area contributed by atoms with Gasteiger partial charge in [-0.25, -0.2) is 14.4 Å². The molecule has 1 saturated heterocycles. The molecule has 11 nitrogen and oxygen atoms in total. The van der Waals surface area contributed by atoms with E-state index in [2.05, 4.69) is 19.9 Å². The number of ketones is 2. The number of Topliss-reactive ketones (excluding diaryl/α,β-unsaturated/α-hetero) is 2. The summed E-state index contributed by atoms with van der Waals surface area (Å²) in [4.78, 5) is 42.0. The molecule has 6 rings (SSSR count). The monoisotopic (exact) mass is 644 g/mol. The molecule has 1 aliphatic carbocycles. The number of fused-ring (bicyclic) bond motifs is 1. The molecule has 3 heterocycles. The van der Waals surface area contributed by atoms with Crippen LogP contribution in [0.15, 0.2) is 54.9 Å². The molecule has 0 N–H and O–H groups in total. The Bertz CT molecular complexity index is 1740. The molecule has 1 aliphatic heterocycles. The van der Waals surface area contributed by atoms with Crippen molar-refractivity contribution in [2.75, 3.05) is 53.7 Å². The number of morpholine rings is 1. The van der Waals surface area contributed by atoms with Gasteiger partial charge in [0.25, 0.3) is 5.88 Å². The zero-order chi connectivity index (χ0) is 32.8. The van der Waals surface area contributed by atoms with Gasteiger partial charge in [0, 0.05) is 38.5 Å². The van der Waals surface area contributed by atoms with Crippen LogP contribution in [-0.4, -0.2) is 85.1 Å². The Kier molecular flexibility index (Phi) is 9.88. The Morgan fingerprint density at radius 1 is 0.872 bits per heavy atom. The number of ether oxygens (including phenoxy) is 5. The van der Waals surface area contributed by atoms with Crippen molar-refractivity contribution in [3.8, 4) is 29.0 Å². The molecule has 0 radical (unpaired) electrons. The van der Waals surface area contributed by atoms with Crippen molar-refractivity contribution >= 4 is 22.6 Å². The van der Waals surface area contributed by atoms with E-state index in [1.54, 1.807) is 36.4 Å². The molecule has 0 unspecified atom stereocenters. The fraction of sp³-hybridized carbons (Fsp3) is 0.400. The van der Waals surface area contributed by atoms with E-state index in [0.717, 1.165) is 39.3 Å². The summed E-state index contributed by atoms with van der Waals surface area (Å²) in [5.74, 6) is 1.05. The predicted octanol–water partition coefficient (Wildman–Crippen LogP) is 4.78. The molecule has 47 heavy (non-hydrogen) atoms. The van der Waals surface area contributed by atoms with Gasteiger partial charge in [0.05, 0.1) is 39.5 Å². The molecule has 0 atom stereocenters. The summed E-state index contributed by atoms with van der Waals surface area (Å²) in [6.45, 7) is 4.77. The standard InChI is InChI=1S/C35H37FN4O7/c1-43-28-18-24(20-31(42)35(10-11-35)30(41)19-23-4-7-25(36)8-5-23)6-9-27(28)47-34-32-26(37-22-38-34)21-29(33(39-32)44-2)46-15-3-12-40-13-16-45-17-14-40/h4-9,18,21-22H,3,10-17,19-20H2,1-2H3. The highest BCUT2D eigenvalue weighted by atomic mass is 19.1. The van der Waals surface area contributed by atoms with E-state index in [-0.39, 0.29) is 42.0 Å². The lowest BCUT2D eigenvalue weighted by atomic mass is 9.88. The molecular formula is C35H37FN4O7. The molecule has 2 aliphatic rings. The van der Waals surface area contributed by atoms with Crippen LogP contribution in [-0.2, 0) is 27.2 Å². The molecular weight excluding hydrogens is 607 g/mol. The number of aromatic nitrogens is 3. The normalized spacial score (nSPS) is 15.6. The lowest BCUT2D eigenvalue weighted by Gasteiger charge is -2.26. The van der Waals surface area contributed by atoms with E-state index in [4.69, 9.17) is 23.7 Å². The Balaban J connectivity index is 1.12. The van der Waals surface area contributed by atoms with Gasteiger partial charge in [0.1, 0.15) is 17.7 Å². The third-order valence-electron chi connectivity index (χ3n) is 8.58. The Morgan fingerprint density at radius 3 is 2.30 bits per heavy atom. The smallest absolute Gasteiger partial charge is 0.257 e. The second kappa shape index (κ2) is 14.4. The molecule has 0 bridgehead atoms. The van der Waals surface area contributed by atoms with Crippen molar-refractivity contribution < 1.29 is 37.7 Å². The molecule has 2 aromatic heterocycles. The second-order valence-corrected chi connectivity index (χ2v) is 11.7. The van der Waals surface area contributed by atoms with Crippen molar-refractivity contribution in [3.63, 3.8) is 0 Å². The molecule has 1 saturated carbocycles. The highest BCUT2D eigenvalue weighted by Crippen LogP contribution is 2.49. The number of hydrogen-bond donors (Lipinski definition) is 0. The predicted molar refractivity (Wildman–Crippen MR) is 170 cm³/mol. The molecule has 12 heteroatoms. The summed E-state index contributed by atoms with van der Waals surface area (Å²) in [5, 5.41) is 0. The number of hydrogen-bond acceptors (Lipinski definition) is 11. The van der Waals surface area contributed by atoms with E-state index in [1.807, 2.05) is 0 Å². The van der Waals surface area contributed by atoms with Crippen LogP contribution in [0, 0.1) is 11.2 Å². The highest BCUT2D eigenvalue weighted by Gasteiger charge is 2.54. The maximum Gasteiger partial charge on any atom is 0.257 e. The number of nitrogens with zero attached hydrogens (tertiary/aromatic N) is 4. The fourth-order valence-electron chi connectivity index (χ4n) is 5.71. The van der Waals surface area contributed by atoms with E-state index in [1.165, 1.54) is 32.7 Å². The Morgan fingerprint density at radius 2 is 1.60 bits per heavy atom. The maximum absolute atomic E-state index is 13.3. The fourth-order valence-corrected chi connectivity index (χ4v) is 5.71. The van der Waals surface area contributed by atoms with Crippen LogP contribution < -0.4 is 18.9 Å². The van der Waals surface area contributed by atoms with Gasteiger partial charge < -0.3 is 23.7 Å². The number of rotatable bonds is 15. The summed E-state index contributed by atoms with van der Waals surface area (Å²) < 4.78 is 42.0. The molecule has 0 spiro atoms. The van der Waals surface area contributed by atoms with E-state index in [9.17, 15) is 14.0 Å². The number of benzene rings is 2. The van der Waals surface area contributed by atoms with Crippen molar-refractivity contribution in [3.05, 3.63) is 71.8 Å². The van der Waals surface area contributed by atoms with Gasteiger partial charge in [0.2, 0.25) is 5.88 Å².